The smallest absolute Gasteiger partial charge is 0.261 e. The first-order valence-corrected chi connectivity index (χ1v) is 7.20. The van der Waals surface area contributed by atoms with Crippen LogP contribution >= 0.6 is 0 Å². The number of aromatic nitrogens is 1. The number of halogens is 3. The van der Waals surface area contributed by atoms with Crippen LogP contribution in [0.2, 0.25) is 0 Å². The molecule has 25 heavy (non-hydrogen) atoms. The van der Waals surface area contributed by atoms with Crippen molar-refractivity contribution in [2.24, 2.45) is 0 Å². The number of benzene rings is 2. The van der Waals surface area contributed by atoms with Gasteiger partial charge in [0.25, 0.3) is 11.5 Å². The van der Waals surface area contributed by atoms with Gasteiger partial charge < -0.3 is 10.3 Å². The van der Waals surface area contributed by atoms with Gasteiger partial charge in [-0.25, -0.2) is 13.2 Å². The molecule has 126 valence electrons. The standard InChI is InChI=1S/C18H11F3N2O2/c19-11-3-1-10(2-4-11)16-8-6-13(18(25)23-16)17(24)22-12-5-7-14(20)15(21)9-12/h1-9H,(H,22,24)(H,23,25). The summed E-state index contributed by atoms with van der Waals surface area (Å²) in [6, 6.07) is 11.1. The summed E-state index contributed by atoms with van der Waals surface area (Å²) in [7, 11) is 0. The van der Waals surface area contributed by atoms with Crippen LogP contribution in [-0.2, 0) is 0 Å². The van der Waals surface area contributed by atoms with Crippen LogP contribution < -0.4 is 10.9 Å². The molecule has 0 saturated heterocycles. The van der Waals surface area contributed by atoms with Gasteiger partial charge in [-0.3, -0.25) is 9.59 Å². The third-order valence-corrected chi connectivity index (χ3v) is 3.49. The van der Waals surface area contributed by atoms with Gasteiger partial charge in [-0.15, -0.1) is 0 Å². The third-order valence-electron chi connectivity index (χ3n) is 3.49. The number of hydrogen-bond acceptors (Lipinski definition) is 2. The van der Waals surface area contributed by atoms with Gasteiger partial charge in [0.15, 0.2) is 11.6 Å². The molecule has 0 aliphatic heterocycles. The van der Waals surface area contributed by atoms with E-state index < -0.39 is 28.9 Å². The molecule has 4 nitrogen and oxygen atoms in total. The molecule has 0 aliphatic carbocycles. The summed E-state index contributed by atoms with van der Waals surface area (Å²) in [5.74, 6) is -3.33. The zero-order valence-corrected chi connectivity index (χ0v) is 12.6. The van der Waals surface area contributed by atoms with Gasteiger partial charge in [-0.1, -0.05) is 0 Å². The lowest BCUT2D eigenvalue weighted by Gasteiger charge is -2.07. The number of anilines is 1. The molecule has 0 aliphatic rings. The third kappa shape index (κ3) is 3.60. The van der Waals surface area contributed by atoms with Crippen LogP contribution in [0.4, 0.5) is 18.9 Å². The highest BCUT2D eigenvalue weighted by Crippen LogP contribution is 2.17. The van der Waals surface area contributed by atoms with Crippen molar-refractivity contribution in [3.05, 3.63) is 88.0 Å². The number of pyridine rings is 1. The molecular formula is C18H11F3N2O2. The van der Waals surface area contributed by atoms with Gasteiger partial charge in [0.2, 0.25) is 0 Å². The van der Waals surface area contributed by atoms with Crippen LogP contribution in [0.3, 0.4) is 0 Å². The van der Waals surface area contributed by atoms with Crippen LogP contribution in [0, 0.1) is 17.5 Å². The summed E-state index contributed by atoms with van der Waals surface area (Å²) in [4.78, 5) is 26.8. The van der Waals surface area contributed by atoms with Gasteiger partial charge in [-0.2, -0.15) is 0 Å². The quantitative estimate of drug-likeness (QED) is 0.761. The SMILES string of the molecule is O=C(Nc1ccc(F)c(F)c1)c1ccc(-c2ccc(F)cc2)[nH]c1=O. The number of rotatable bonds is 3. The molecular weight excluding hydrogens is 333 g/mol. The first-order valence-electron chi connectivity index (χ1n) is 7.20. The van der Waals surface area contributed by atoms with E-state index in [2.05, 4.69) is 10.3 Å². The van der Waals surface area contributed by atoms with Crippen LogP contribution in [0.5, 0.6) is 0 Å². The van der Waals surface area contributed by atoms with Crippen molar-refractivity contribution >= 4 is 11.6 Å². The largest absolute Gasteiger partial charge is 0.322 e. The van der Waals surface area contributed by atoms with Crippen LogP contribution in [0.15, 0.2) is 59.4 Å². The number of nitrogens with one attached hydrogen (secondary N) is 2. The molecule has 2 aromatic carbocycles. The minimum absolute atomic E-state index is 0.0194. The maximum Gasteiger partial charge on any atom is 0.261 e. The Morgan fingerprint density at radius 1 is 0.880 bits per heavy atom. The predicted octanol–water partition coefficient (Wildman–Crippen LogP) is 3.71. The van der Waals surface area contributed by atoms with Gasteiger partial charge >= 0.3 is 0 Å². The molecule has 0 radical (unpaired) electrons. The Labute approximate surface area is 139 Å². The highest BCUT2D eigenvalue weighted by atomic mass is 19.2. The lowest BCUT2D eigenvalue weighted by molar-refractivity contribution is 0.102. The van der Waals surface area contributed by atoms with E-state index in [1.54, 1.807) is 0 Å². The molecule has 1 aromatic heterocycles. The number of amides is 1. The number of aromatic amines is 1. The molecule has 0 spiro atoms. The second-order valence-corrected chi connectivity index (χ2v) is 5.20. The lowest BCUT2D eigenvalue weighted by atomic mass is 10.1. The van der Waals surface area contributed by atoms with Gasteiger partial charge in [0, 0.05) is 17.4 Å². The Bertz CT molecular complexity index is 998. The maximum absolute atomic E-state index is 13.2. The first-order chi connectivity index (χ1) is 11.9. The van der Waals surface area contributed by atoms with Crippen molar-refractivity contribution < 1.29 is 18.0 Å². The second-order valence-electron chi connectivity index (χ2n) is 5.20. The Morgan fingerprint density at radius 3 is 2.24 bits per heavy atom. The fraction of sp³-hybridized carbons (Fsp3) is 0. The summed E-state index contributed by atoms with van der Waals surface area (Å²) in [5, 5.41) is 2.32. The topological polar surface area (TPSA) is 62.0 Å². The molecule has 7 heteroatoms. The number of carbonyl (C=O) groups excluding carboxylic acids is 1. The Balaban J connectivity index is 1.85. The van der Waals surface area contributed by atoms with E-state index in [1.807, 2.05) is 0 Å². The lowest BCUT2D eigenvalue weighted by Crippen LogP contribution is -2.23. The molecule has 0 bridgehead atoms. The van der Waals surface area contributed by atoms with E-state index in [1.165, 1.54) is 42.5 Å². The van der Waals surface area contributed by atoms with Crippen molar-refractivity contribution in [3.63, 3.8) is 0 Å². The van der Waals surface area contributed by atoms with Crippen molar-refractivity contribution in [1.29, 1.82) is 0 Å². The summed E-state index contributed by atoms with van der Waals surface area (Å²) in [6.45, 7) is 0. The monoisotopic (exact) mass is 344 g/mol. The second kappa shape index (κ2) is 6.64. The van der Waals surface area contributed by atoms with E-state index >= 15 is 0 Å². The van der Waals surface area contributed by atoms with E-state index in [0.29, 0.717) is 11.3 Å². The molecule has 3 aromatic rings. The summed E-state index contributed by atoms with van der Waals surface area (Å²) < 4.78 is 39.0. The van der Waals surface area contributed by atoms with Crippen molar-refractivity contribution in [2.75, 3.05) is 5.32 Å². The van der Waals surface area contributed by atoms with Crippen LogP contribution in [0.1, 0.15) is 10.4 Å². The Morgan fingerprint density at radius 2 is 1.60 bits per heavy atom. The zero-order valence-electron chi connectivity index (χ0n) is 12.6. The van der Waals surface area contributed by atoms with Crippen molar-refractivity contribution in [2.45, 2.75) is 0 Å². The van der Waals surface area contributed by atoms with E-state index in [0.717, 1.165) is 12.1 Å². The van der Waals surface area contributed by atoms with E-state index in [9.17, 15) is 22.8 Å². The van der Waals surface area contributed by atoms with Gasteiger partial charge in [0.1, 0.15) is 11.4 Å². The molecule has 1 amide bonds. The average molecular weight is 344 g/mol. The Hall–Kier alpha value is -3.35. The van der Waals surface area contributed by atoms with Crippen molar-refractivity contribution in [3.8, 4) is 11.3 Å². The molecule has 1 heterocycles. The highest BCUT2D eigenvalue weighted by Gasteiger charge is 2.13. The molecule has 2 N–H and O–H groups in total. The number of hydrogen-bond donors (Lipinski definition) is 2. The maximum atomic E-state index is 13.2. The fourth-order valence-corrected chi connectivity index (χ4v) is 2.22. The minimum Gasteiger partial charge on any atom is -0.322 e. The highest BCUT2D eigenvalue weighted by molar-refractivity contribution is 6.04. The number of H-pyrrole nitrogens is 1. The van der Waals surface area contributed by atoms with Gasteiger partial charge in [0.05, 0.1) is 0 Å². The zero-order chi connectivity index (χ0) is 18.0. The summed E-state index contributed by atoms with van der Waals surface area (Å²) >= 11 is 0. The summed E-state index contributed by atoms with van der Waals surface area (Å²) in [5.41, 5.74) is 0.142. The first kappa shape index (κ1) is 16.5. The molecule has 0 atom stereocenters. The molecule has 3 rings (SSSR count). The minimum atomic E-state index is -1.11. The van der Waals surface area contributed by atoms with E-state index in [-0.39, 0.29) is 11.3 Å². The number of carbonyl (C=O) groups is 1. The molecule has 0 fully saturated rings. The Kier molecular flexibility index (Phi) is 4.38. The van der Waals surface area contributed by atoms with Gasteiger partial charge in [-0.05, 0) is 54.1 Å². The molecule has 0 saturated carbocycles. The predicted molar refractivity (Wildman–Crippen MR) is 86.8 cm³/mol. The van der Waals surface area contributed by atoms with E-state index in [4.69, 9.17) is 0 Å². The average Bonchev–Trinajstić information content (AvgIpc) is 2.58. The van der Waals surface area contributed by atoms with Crippen molar-refractivity contribution in [1.82, 2.24) is 4.98 Å². The molecule has 0 unspecified atom stereocenters. The normalized spacial score (nSPS) is 10.5. The van der Waals surface area contributed by atoms with Crippen LogP contribution in [-0.4, -0.2) is 10.9 Å². The van der Waals surface area contributed by atoms with Crippen LogP contribution in [0.25, 0.3) is 11.3 Å². The summed E-state index contributed by atoms with van der Waals surface area (Å²) in [6.07, 6.45) is 0. The fourth-order valence-electron chi connectivity index (χ4n) is 2.22.